The first-order valence-corrected chi connectivity index (χ1v) is 10.6. The van der Waals surface area contributed by atoms with Crippen molar-refractivity contribution in [3.8, 4) is 5.75 Å². The summed E-state index contributed by atoms with van der Waals surface area (Å²) in [5, 5.41) is 1.21. The van der Waals surface area contributed by atoms with E-state index < -0.39 is 0 Å². The number of aromatic nitrogens is 1. The lowest BCUT2D eigenvalue weighted by atomic mass is 9.85. The summed E-state index contributed by atoms with van der Waals surface area (Å²) in [6, 6.07) is 13.8. The van der Waals surface area contributed by atoms with E-state index in [4.69, 9.17) is 32.7 Å². The summed E-state index contributed by atoms with van der Waals surface area (Å²) in [6.45, 7) is 1.75. The Labute approximate surface area is 180 Å². The summed E-state index contributed by atoms with van der Waals surface area (Å²) in [6.07, 6.45) is 2.54. The van der Waals surface area contributed by atoms with Crippen LogP contribution in [0.4, 0.5) is 0 Å². The molecule has 1 aliphatic rings. The second-order valence-corrected chi connectivity index (χ2v) is 8.05. The second-order valence-electron chi connectivity index (χ2n) is 7.27. The minimum Gasteiger partial charge on any atom is -0.496 e. The molecule has 4 nitrogen and oxygen atoms in total. The van der Waals surface area contributed by atoms with Crippen molar-refractivity contribution in [2.75, 3.05) is 13.7 Å². The molecule has 0 aliphatic heterocycles. The molecule has 1 unspecified atom stereocenters. The number of carbonyl (C=O) groups excluding carboxylic acids is 1. The van der Waals surface area contributed by atoms with Gasteiger partial charge in [-0.2, -0.15) is 0 Å². The van der Waals surface area contributed by atoms with E-state index in [2.05, 4.69) is 4.57 Å². The lowest BCUT2D eigenvalue weighted by Gasteiger charge is -2.22. The molecule has 6 heteroatoms. The molecule has 0 amide bonds. The average molecular weight is 432 g/mol. The third-order valence-corrected chi connectivity index (χ3v) is 6.15. The van der Waals surface area contributed by atoms with Crippen molar-refractivity contribution in [1.29, 1.82) is 0 Å². The Morgan fingerprint density at radius 3 is 2.72 bits per heavy atom. The number of nitrogens with zero attached hydrogens (tertiary/aromatic N) is 1. The highest BCUT2D eigenvalue weighted by molar-refractivity contribution is 6.64. The molecule has 0 N–H and O–H groups in total. The number of rotatable bonds is 7. The fourth-order valence-corrected chi connectivity index (χ4v) is 4.80. The first-order valence-electron chi connectivity index (χ1n) is 9.80. The van der Waals surface area contributed by atoms with Gasteiger partial charge in [-0.3, -0.25) is 4.79 Å². The molecule has 0 bridgehead atoms. The average Bonchev–Trinajstić information content (AvgIpc) is 3.08. The van der Waals surface area contributed by atoms with E-state index in [0.29, 0.717) is 24.8 Å². The minimum absolute atomic E-state index is 0.327. The molecule has 0 spiro atoms. The van der Waals surface area contributed by atoms with Crippen LogP contribution in [-0.2, 0) is 29.1 Å². The number of halogens is 2. The van der Waals surface area contributed by atoms with Crippen LogP contribution in [0.2, 0.25) is 5.02 Å². The first kappa shape index (κ1) is 20.3. The van der Waals surface area contributed by atoms with Crippen LogP contribution < -0.4 is 4.74 Å². The Bertz CT molecular complexity index is 1030. The van der Waals surface area contributed by atoms with E-state index in [9.17, 15) is 4.79 Å². The molecule has 1 atom stereocenters. The van der Waals surface area contributed by atoms with Crippen LogP contribution in [0, 0.1) is 0 Å². The number of benzene rings is 2. The SMILES string of the molecule is COc1ccc(Cl)c2c1c1c(n2CCOCc2ccccc2)CCCC1C(=O)Cl. The van der Waals surface area contributed by atoms with Gasteiger partial charge in [-0.25, -0.2) is 0 Å². The molecule has 3 aromatic rings. The summed E-state index contributed by atoms with van der Waals surface area (Å²) in [5.41, 5.74) is 4.11. The zero-order valence-electron chi connectivity index (χ0n) is 16.3. The molecule has 4 rings (SSSR count). The standard InChI is InChI=1S/C23H23Cl2NO3/c1-28-19-11-10-17(24)22-21(19)20-16(23(25)27)8-5-9-18(20)26(22)12-13-29-14-15-6-3-2-4-7-15/h2-4,6-7,10-11,16H,5,8-9,12-14H2,1H3. The molecule has 0 radical (unpaired) electrons. The fourth-order valence-electron chi connectivity index (χ4n) is 4.32. The van der Waals surface area contributed by atoms with Gasteiger partial charge in [0, 0.05) is 17.6 Å². The van der Waals surface area contributed by atoms with Gasteiger partial charge in [-0.15, -0.1) is 0 Å². The summed E-state index contributed by atoms with van der Waals surface area (Å²) in [7, 11) is 1.63. The predicted octanol–water partition coefficient (Wildman–Crippen LogP) is 5.71. The molecule has 1 aromatic heterocycles. The van der Waals surface area contributed by atoms with Gasteiger partial charge in [-0.1, -0.05) is 41.9 Å². The van der Waals surface area contributed by atoms with E-state index in [0.717, 1.165) is 52.7 Å². The first-order chi connectivity index (χ1) is 14.1. The van der Waals surface area contributed by atoms with Crippen LogP contribution in [0.5, 0.6) is 5.75 Å². The summed E-state index contributed by atoms with van der Waals surface area (Å²) < 4.78 is 13.7. The van der Waals surface area contributed by atoms with E-state index in [1.54, 1.807) is 7.11 Å². The molecule has 0 saturated heterocycles. The third-order valence-electron chi connectivity index (χ3n) is 5.59. The van der Waals surface area contributed by atoms with Crippen LogP contribution in [0.1, 0.15) is 35.6 Å². The lowest BCUT2D eigenvalue weighted by Crippen LogP contribution is -2.17. The molecule has 1 aliphatic carbocycles. The van der Waals surface area contributed by atoms with Crippen LogP contribution in [0.25, 0.3) is 10.9 Å². The summed E-state index contributed by atoms with van der Waals surface area (Å²) >= 11 is 12.6. The van der Waals surface area contributed by atoms with Gasteiger partial charge >= 0.3 is 0 Å². The van der Waals surface area contributed by atoms with Gasteiger partial charge in [0.1, 0.15) is 5.75 Å². The minimum atomic E-state index is -0.332. The lowest BCUT2D eigenvalue weighted by molar-refractivity contribution is -0.113. The van der Waals surface area contributed by atoms with E-state index in [1.165, 1.54) is 0 Å². The monoisotopic (exact) mass is 431 g/mol. The number of carbonyl (C=O) groups is 1. The maximum Gasteiger partial charge on any atom is 0.229 e. The number of hydrogen-bond donors (Lipinski definition) is 0. The van der Waals surface area contributed by atoms with E-state index in [-0.39, 0.29) is 11.2 Å². The Morgan fingerprint density at radius 1 is 1.21 bits per heavy atom. The van der Waals surface area contributed by atoms with Crippen molar-refractivity contribution in [3.63, 3.8) is 0 Å². The van der Waals surface area contributed by atoms with Gasteiger partial charge in [0.2, 0.25) is 5.24 Å². The number of hydrogen-bond acceptors (Lipinski definition) is 3. The normalized spacial score (nSPS) is 16.0. The zero-order valence-corrected chi connectivity index (χ0v) is 17.8. The van der Waals surface area contributed by atoms with Crippen LogP contribution in [0.3, 0.4) is 0 Å². The molecule has 152 valence electrons. The van der Waals surface area contributed by atoms with Crippen molar-refractivity contribution in [2.24, 2.45) is 0 Å². The van der Waals surface area contributed by atoms with Crippen molar-refractivity contribution in [1.82, 2.24) is 4.57 Å². The van der Waals surface area contributed by atoms with Crippen LogP contribution >= 0.6 is 23.2 Å². The van der Waals surface area contributed by atoms with Crippen LogP contribution in [0.15, 0.2) is 42.5 Å². The molecule has 2 aromatic carbocycles. The van der Waals surface area contributed by atoms with Crippen molar-refractivity contribution >= 4 is 39.3 Å². The Hall–Kier alpha value is -2.01. The molecule has 29 heavy (non-hydrogen) atoms. The molecule has 0 saturated carbocycles. The topological polar surface area (TPSA) is 40.5 Å². The number of ether oxygens (including phenoxy) is 2. The van der Waals surface area contributed by atoms with Crippen molar-refractivity contribution in [3.05, 3.63) is 64.3 Å². The highest BCUT2D eigenvalue weighted by Crippen LogP contribution is 2.45. The summed E-state index contributed by atoms with van der Waals surface area (Å²) in [4.78, 5) is 12.2. The Balaban J connectivity index is 1.70. The highest BCUT2D eigenvalue weighted by atomic mass is 35.5. The molecular formula is C23H23Cl2NO3. The van der Waals surface area contributed by atoms with Crippen molar-refractivity contribution in [2.45, 2.75) is 38.3 Å². The third kappa shape index (κ3) is 3.89. The van der Waals surface area contributed by atoms with Gasteiger partial charge in [0.05, 0.1) is 36.8 Å². The largest absolute Gasteiger partial charge is 0.496 e. The predicted molar refractivity (Wildman–Crippen MR) is 116 cm³/mol. The van der Waals surface area contributed by atoms with Gasteiger partial charge in [-0.05, 0) is 54.1 Å². The fraction of sp³-hybridized carbons (Fsp3) is 0.348. The maximum absolute atomic E-state index is 12.2. The van der Waals surface area contributed by atoms with Crippen LogP contribution in [-0.4, -0.2) is 23.5 Å². The quantitative estimate of drug-likeness (QED) is 0.355. The smallest absolute Gasteiger partial charge is 0.229 e. The van der Waals surface area contributed by atoms with Crippen molar-refractivity contribution < 1.29 is 14.3 Å². The second kappa shape index (κ2) is 8.78. The molecule has 1 heterocycles. The van der Waals surface area contributed by atoms with Gasteiger partial charge in [0.15, 0.2) is 0 Å². The zero-order chi connectivity index (χ0) is 20.4. The number of methoxy groups -OCH3 is 1. The van der Waals surface area contributed by atoms with Gasteiger partial charge in [0.25, 0.3) is 0 Å². The highest BCUT2D eigenvalue weighted by Gasteiger charge is 2.33. The molecule has 0 fully saturated rings. The maximum atomic E-state index is 12.2. The Morgan fingerprint density at radius 2 is 2.00 bits per heavy atom. The van der Waals surface area contributed by atoms with Gasteiger partial charge < -0.3 is 14.0 Å². The van der Waals surface area contributed by atoms with E-state index >= 15 is 0 Å². The van der Waals surface area contributed by atoms with E-state index in [1.807, 2.05) is 42.5 Å². The summed E-state index contributed by atoms with van der Waals surface area (Å²) in [5.74, 6) is 0.385. The molecular weight excluding hydrogens is 409 g/mol. The number of fused-ring (bicyclic) bond motifs is 3. The Kier molecular flexibility index (Phi) is 6.14.